The van der Waals surface area contributed by atoms with Gasteiger partial charge in [0.1, 0.15) is 0 Å². The lowest BCUT2D eigenvalue weighted by molar-refractivity contribution is 1.23. The van der Waals surface area contributed by atoms with Crippen LogP contribution in [0.1, 0.15) is 24.5 Å². The average Bonchev–Trinajstić information content (AvgIpc) is 2.57. The van der Waals surface area contributed by atoms with Crippen LogP contribution in [-0.2, 0) is 0 Å². The topological polar surface area (TPSA) is 0 Å². The summed E-state index contributed by atoms with van der Waals surface area (Å²) in [6, 6.07) is 20.0. The Morgan fingerprint density at radius 2 is 1.00 bits per heavy atom. The number of rotatable bonds is 3. The molecule has 2 aromatic carbocycles. The molecule has 0 N–H and O–H groups in total. The summed E-state index contributed by atoms with van der Waals surface area (Å²) in [6.07, 6.45) is 6.62. The lowest BCUT2D eigenvalue weighted by atomic mass is 10.1. The Kier molecular flexibility index (Phi) is 11.6. The Hall–Kier alpha value is -2.34. The van der Waals surface area contributed by atoms with Gasteiger partial charge in [-0.2, -0.15) is 0 Å². The highest BCUT2D eigenvalue weighted by Crippen LogP contribution is 2.10. The molecule has 0 unspecified atom stereocenters. The molecular weight excluding hydrogens is 240 g/mol. The van der Waals surface area contributed by atoms with Gasteiger partial charge in [-0.15, -0.1) is 6.58 Å². The predicted octanol–water partition coefficient (Wildman–Crippen LogP) is 6.24. The second-order valence-corrected chi connectivity index (χ2v) is 3.89. The summed E-state index contributed by atoms with van der Waals surface area (Å²) in [5.41, 5.74) is 2.27. The van der Waals surface area contributed by atoms with E-state index in [4.69, 9.17) is 0 Å². The molecule has 0 aromatic heterocycles. The van der Waals surface area contributed by atoms with Crippen LogP contribution < -0.4 is 0 Å². The first-order chi connectivity index (χ1) is 9.79. The van der Waals surface area contributed by atoms with E-state index in [1.165, 1.54) is 0 Å². The molecule has 0 saturated heterocycles. The number of hydrogen-bond acceptors (Lipinski definition) is 0. The normalized spacial score (nSPS) is 8.05. The maximum atomic E-state index is 3.69. The predicted molar refractivity (Wildman–Crippen MR) is 93.6 cm³/mol. The van der Waals surface area contributed by atoms with E-state index >= 15 is 0 Å². The minimum atomic E-state index is 1.08. The zero-order chi connectivity index (χ0) is 15.1. The van der Waals surface area contributed by atoms with Gasteiger partial charge in [-0.25, -0.2) is 0 Å². The lowest BCUT2D eigenvalue weighted by Crippen LogP contribution is -1.76. The van der Waals surface area contributed by atoms with Crippen LogP contribution in [0.2, 0.25) is 0 Å². The standard InChI is InChI=1S/C10H10.C6H6.C4H8/c1-3-9-7-5-6-8-10(9)4-2;1-2-4-6-5-3-1;1-3-4-2/h3-8H,1-2H2;1-6H;3H,1,4H2,2H3. The van der Waals surface area contributed by atoms with Crippen LogP contribution in [0.25, 0.3) is 12.2 Å². The number of allylic oxidation sites excluding steroid dienone is 1. The van der Waals surface area contributed by atoms with Crippen molar-refractivity contribution in [2.24, 2.45) is 0 Å². The zero-order valence-electron chi connectivity index (χ0n) is 12.3. The summed E-state index contributed by atoms with van der Waals surface area (Å²) in [4.78, 5) is 0. The molecule has 0 fully saturated rings. The Morgan fingerprint density at radius 1 is 0.700 bits per heavy atom. The van der Waals surface area contributed by atoms with E-state index in [0.717, 1.165) is 17.5 Å². The van der Waals surface area contributed by atoms with Crippen LogP contribution in [-0.4, -0.2) is 0 Å². The van der Waals surface area contributed by atoms with Crippen molar-refractivity contribution in [2.75, 3.05) is 0 Å². The van der Waals surface area contributed by atoms with Crippen molar-refractivity contribution in [3.8, 4) is 0 Å². The van der Waals surface area contributed by atoms with E-state index in [1.807, 2.05) is 78.9 Å². The summed E-state index contributed by atoms with van der Waals surface area (Å²) in [5.74, 6) is 0. The van der Waals surface area contributed by atoms with E-state index < -0.39 is 0 Å². The first-order valence-electron chi connectivity index (χ1n) is 6.74. The van der Waals surface area contributed by atoms with Crippen molar-refractivity contribution in [2.45, 2.75) is 13.3 Å². The fourth-order valence-electron chi connectivity index (χ4n) is 1.27. The SMILES string of the molecule is C=CCC.C=Cc1ccccc1C=C.c1ccccc1. The Morgan fingerprint density at radius 3 is 1.20 bits per heavy atom. The molecule has 0 bridgehead atoms. The van der Waals surface area contributed by atoms with Crippen molar-refractivity contribution in [3.05, 3.63) is 97.6 Å². The molecule has 2 rings (SSSR count). The zero-order valence-corrected chi connectivity index (χ0v) is 12.3. The minimum absolute atomic E-state index is 1.08. The largest absolute Gasteiger partial charge is 0.103 e. The van der Waals surface area contributed by atoms with Crippen LogP contribution in [0.4, 0.5) is 0 Å². The molecule has 0 spiro atoms. The van der Waals surface area contributed by atoms with Crippen molar-refractivity contribution < 1.29 is 0 Å². The van der Waals surface area contributed by atoms with Crippen LogP contribution in [0.3, 0.4) is 0 Å². The lowest BCUT2D eigenvalue weighted by Gasteiger charge is -1.96. The van der Waals surface area contributed by atoms with Gasteiger partial charge in [0, 0.05) is 0 Å². The van der Waals surface area contributed by atoms with Gasteiger partial charge in [0.15, 0.2) is 0 Å². The third-order valence-corrected chi connectivity index (χ3v) is 2.39. The number of benzene rings is 2. The third-order valence-electron chi connectivity index (χ3n) is 2.39. The van der Waals surface area contributed by atoms with E-state index in [2.05, 4.69) is 26.7 Å². The molecule has 104 valence electrons. The molecule has 0 heterocycles. The first-order valence-corrected chi connectivity index (χ1v) is 6.74. The van der Waals surface area contributed by atoms with E-state index in [-0.39, 0.29) is 0 Å². The van der Waals surface area contributed by atoms with Crippen molar-refractivity contribution in [1.82, 2.24) is 0 Å². The maximum Gasteiger partial charge on any atom is -0.0190 e. The molecule has 0 radical (unpaired) electrons. The van der Waals surface area contributed by atoms with Gasteiger partial charge in [-0.1, -0.05) is 99.0 Å². The van der Waals surface area contributed by atoms with Gasteiger partial charge in [0.05, 0.1) is 0 Å². The van der Waals surface area contributed by atoms with Crippen molar-refractivity contribution in [3.63, 3.8) is 0 Å². The monoisotopic (exact) mass is 264 g/mol. The van der Waals surface area contributed by atoms with Crippen molar-refractivity contribution in [1.29, 1.82) is 0 Å². The quantitative estimate of drug-likeness (QED) is 0.575. The Balaban J connectivity index is 0.000000307. The first kappa shape index (κ1) is 17.7. The van der Waals surface area contributed by atoms with Crippen molar-refractivity contribution >= 4 is 12.2 Å². The highest BCUT2D eigenvalue weighted by Gasteiger charge is 1.89. The second-order valence-electron chi connectivity index (χ2n) is 3.89. The highest BCUT2D eigenvalue weighted by molar-refractivity contribution is 5.63. The van der Waals surface area contributed by atoms with Crippen LogP contribution in [0, 0.1) is 0 Å². The van der Waals surface area contributed by atoms with E-state index in [0.29, 0.717) is 0 Å². The van der Waals surface area contributed by atoms with Gasteiger partial charge in [-0.3, -0.25) is 0 Å². The molecular formula is C20H24. The summed E-state index contributed by atoms with van der Waals surface area (Å²) in [7, 11) is 0. The van der Waals surface area contributed by atoms with Crippen LogP contribution >= 0.6 is 0 Å². The molecule has 0 amide bonds. The van der Waals surface area contributed by atoms with Crippen LogP contribution in [0.5, 0.6) is 0 Å². The van der Waals surface area contributed by atoms with Crippen LogP contribution in [0.15, 0.2) is 86.5 Å². The number of hydrogen-bond donors (Lipinski definition) is 0. The van der Waals surface area contributed by atoms with Gasteiger partial charge >= 0.3 is 0 Å². The Labute approximate surface area is 123 Å². The summed E-state index contributed by atoms with van der Waals surface area (Å²) in [5, 5.41) is 0. The molecule has 20 heavy (non-hydrogen) atoms. The summed E-state index contributed by atoms with van der Waals surface area (Å²) in [6.45, 7) is 12.9. The third kappa shape index (κ3) is 8.71. The molecule has 0 saturated carbocycles. The fourth-order valence-corrected chi connectivity index (χ4v) is 1.27. The van der Waals surface area contributed by atoms with Gasteiger partial charge in [-0.05, 0) is 17.5 Å². The molecule has 0 aliphatic carbocycles. The molecule has 0 aliphatic heterocycles. The Bertz CT molecular complexity index is 427. The molecule has 0 atom stereocenters. The highest BCUT2D eigenvalue weighted by atomic mass is 13.9. The minimum Gasteiger partial charge on any atom is -0.103 e. The second kappa shape index (κ2) is 13.1. The summed E-state index contributed by atoms with van der Waals surface area (Å²) >= 11 is 0. The summed E-state index contributed by atoms with van der Waals surface area (Å²) < 4.78 is 0. The smallest absolute Gasteiger partial charge is 0.0190 e. The van der Waals surface area contributed by atoms with Gasteiger partial charge in [0.25, 0.3) is 0 Å². The van der Waals surface area contributed by atoms with E-state index in [1.54, 1.807) is 0 Å². The average molecular weight is 264 g/mol. The fraction of sp³-hybridized carbons (Fsp3) is 0.100. The molecule has 2 aromatic rings. The molecule has 0 heteroatoms. The molecule has 0 aliphatic rings. The van der Waals surface area contributed by atoms with Gasteiger partial charge in [0.2, 0.25) is 0 Å². The van der Waals surface area contributed by atoms with E-state index in [9.17, 15) is 0 Å². The maximum absolute atomic E-state index is 3.69. The van der Waals surface area contributed by atoms with Gasteiger partial charge < -0.3 is 0 Å². The molecule has 0 nitrogen and oxygen atoms in total.